The van der Waals surface area contributed by atoms with Gasteiger partial charge in [0.15, 0.2) is 0 Å². The zero-order valence-electron chi connectivity index (χ0n) is 11.4. The first-order valence-electron chi connectivity index (χ1n) is 6.31. The van der Waals surface area contributed by atoms with Crippen LogP contribution in [0, 0.1) is 0 Å². The quantitative estimate of drug-likeness (QED) is 0.854. The number of nitrogens with one attached hydrogen (secondary N) is 1. The standard InChI is InChI=1S/C13H22N4O/c1-16-6-7-17(2)12(10-16)9-15-11-4-5-14-13(8-11)18-3/h4-5,8,12H,6-7,9-10H2,1-3H3,(H,14,15). The summed E-state index contributed by atoms with van der Waals surface area (Å²) >= 11 is 0. The molecule has 1 aliphatic rings. The number of aromatic nitrogens is 1. The van der Waals surface area contributed by atoms with E-state index in [1.54, 1.807) is 13.3 Å². The fourth-order valence-electron chi connectivity index (χ4n) is 2.19. The van der Waals surface area contributed by atoms with Gasteiger partial charge >= 0.3 is 0 Å². The van der Waals surface area contributed by atoms with Gasteiger partial charge in [-0.2, -0.15) is 0 Å². The van der Waals surface area contributed by atoms with Crippen LogP contribution in [-0.4, -0.2) is 68.2 Å². The summed E-state index contributed by atoms with van der Waals surface area (Å²) < 4.78 is 5.12. The van der Waals surface area contributed by atoms with E-state index in [4.69, 9.17) is 4.74 Å². The molecule has 1 saturated heterocycles. The van der Waals surface area contributed by atoms with Crippen molar-refractivity contribution in [1.29, 1.82) is 0 Å². The van der Waals surface area contributed by atoms with Crippen LogP contribution in [0.3, 0.4) is 0 Å². The average Bonchev–Trinajstić information content (AvgIpc) is 2.40. The number of nitrogens with zero attached hydrogens (tertiary/aromatic N) is 3. The fraction of sp³-hybridized carbons (Fsp3) is 0.615. The number of ether oxygens (including phenoxy) is 1. The number of hydrogen-bond donors (Lipinski definition) is 1. The second kappa shape index (κ2) is 6.02. The molecule has 0 aromatic carbocycles. The van der Waals surface area contributed by atoms with Crippen LogP contribution in [0.2, 0.25) is 0 Å². The van der Waals surface area contributed by atoms with E-state index in [1.165, 1.54) is 0 Å². The highest BCUT2D eigenvalue weighted by atomic mass is 16.5. The molecule has 0 saturated carbocycles. The number of likely N-dealkylation sites (N-methyl/N-ethyl adjacent to an activating group) is 2. The summed E-state index contributed by atoms with van der Waals surface area (Å²) in [5, 5.41) is 3.45. The first kappa shape index (κ1) is 13.1. The minimum atomic E-state index is 0.544. The molecule has 5 heteroatoms. The molecule has 0 amide bonds. The van der Waals surface area contributed by atoms with Crippen LogP contribution in [0.1, 0.15) is 0 Å². The number of pyridine rings is 1. The van der Waals surface area contributed by atoms with Crippen molar-refractivity contribution < 1.29 is 4.74 Å². The van der Waals surface area contributed by atoms with Gasteiger partial charge in [0.2, 0.25) is 5.88 Å². The summed E-state index contributed by atoms with van der Waals surface area (Å²) in [5.41, 5.74) is 1.06. The summed E-state index contributed by atoms with van der Waals surface area (Å²) in [4.78, 5) is 8.88. The van der Waals surface area contributed by atoms with E-state index in [1.807, 2.05) is 12.1 Å². The molecule has 2 rings (SSSR count). The SMILES string of the molecule is COc1cc(NCC2CN(C)CCN2C)ccn1. The van der Waals surface area contributed by atoms with Gasteiger partial charge in [0.25, 0.3) is 0 Å². The maximum atomic E-state index is 5.12. The van der Waals surface area contributed by atoms with Gasteiger partial charge in [-0.05, 0) is 20.2 Å². The molecule has 1 aromatic heterocycles. The number of hydrogen-bond acceptors (Lipinski definition) is 5. The highest BCUT2D eigenvalue weighted by Crippen LogP contribution is 2.14. The Hall–Kier alpha value is -1.33. The Morgan fingerprint density at radius 1 is 1.44 bits per heavy atom. The lowest BCUT2D eigenvalue weighted by molar-refractivity contribution is 0.122. The normalized spacial score (nSPS) is 21.8. The monoisotopic (exact) mass is 250 g/mol. The van der Waals surface area contributed by atoms with E-state index in [-0.39, 0.29) is 0 Å². The smallest absolute Gasteiger partial charge is 0.214 e. The molecule has 100 valence electrons. The largest absolute Gasteiger partial charge is 0.481 e. The predicted octanol–water partition coefficient (Wildman–Crippen LogP) is 0.748. The lowest BCUT2D eigenvalue weighted by Crippen LogP contribution is -2.52. The van der Waals surface area contributed by atoms with Gasteiger partial charge in [-0.15, -0.1) is 0 Å². The van der Waals surface area contributed by atoms with Crippen molar-refractivity contribution >= 4 is 5.69 Å². The first-order chi connectivity index (χ1) is 8.69. The Kier molecular flexibility index (Phi) is 4.38. The van der Waals surface area contributed by atoms with Gasteiger partial charge in [0.1, 0.15) is 0 Å². The highest BCUT2D eigenvalue weighted by Gasteiger charge is 2.21. The Labute approximate surface area is 109 Å². The Balaban J connectivity index is 1.89. The zero-order chi connectivity index (χ0) is 13.0. The minimum absolute atomic E-state index is 0.544. The van der Waals surface area contributed by atoms with Crippen molar-refractivity contribution in [1.82, 2.24) is 14.8 Å². The van der Waals surface area contributed by atoms with Crippen molar-refractivity contribution in [2.75, 3.05) is 52.7 Å². The molecule has 1 aliphatic heterocycles. The molecule has 5 nitrogen and oxygen atoms in total. The van der Waals surface area contributed by atoms with Gasteiger partial charge in [0, 0.05) is 50.2 Å². The lowest BCUT2D eigenvalue weighted by Gasteiger charge is -2.37. The summed E-state index contributed by atoms with van der Waals surface area (Å²) in [7, 11) is 6.00. The Morgan fingerprint density at radius 3 is 3.06 bits per heavy atom. The first-order valence-corrected chi connectivity index (χ1v) is 6.31. The second-order valence-corrected chi connectivity index (χ2v) is 4.86. The lowest BCUT2D eigenvalue weighted by atomic mass is 10.2. The van der Waals surface area contributed by atoms with Gasteiger partial charge in [-0.25, -0.2) is 4.98 Å². The fourth-order valence-corrected chi connectivity index (χ4v) is 2.19. The van der Waals surface area contributed by atoms with Crippen molar-refractivity contribution in [3.05, 3.63) is 18.3 Å². The van der Waals surface area contributed by atoms with Gasteiger partial charge < -0.3 is 15.0 Å². The van der Waals surface area contributed by atoms with Crippen molar-refractivity contribution in [3.8, 4) is 5.88 Å². The third-order valence-corrected chi connectivity index (χ3v) is 3.47. The van der Waals surface area contributed by atoms with E-state index in [0.29, 0.717) is 11.9 Å². The van der Waals surface area contributed by atoms with E-state index < -0.39 is 0 Å². The number of methoxy groups -OCH3 is 1. The molecule has 18 heavy (non-hydrogen) atoms. The molecule has 1 unspecified atom stereocenters. The number of piperazine rings is 1. The molecule has 1 aromatic rings. The molecule has 2 heterocycles. The molecule has 1 fully saturated rings. The van der Waals surface area contributed by atoms with Crippen LogP contribution in [0.25, 0.3) is 0 Å². The predicted molar refractivity (Wildman–Crippen MR) is 73.2 cm³/mol. The molecule has 1 N–H and O–H groups in total. The average molecular weight is 250 g/mol. The van der Waals surface area contributed by atoms with Gasteiger partial charge in [-0.1, -0.05) is 0 Å². The molecule has 0 aliphatic carbocycles. The van der Waals surface area contributed by atoms with Crippen LogP contribution in [-0.2, 0) is 0 Å². The topological polar surface area (TPSA) is 40.6 Å². The van der Waals surface area contributed by atoms with E-state index >= 15 is 0 Å². The van der Waals surface area contributed by atoms with Crippen molar-refractivity contribution in [3.63, 3.8) is 0 Å². The third-order valence-electron chi connectivity index (χ3n) is 3.47. The molecule has 0 bridgehead atoms. The van der Waals surface area contributed by atoms with Crippen LogP contribution in [0.4, 0.5) is 5.69 Å². The maximum Gasteiger partial charge on any atom is 0.214 e. The van der Waals surface area contributed by atoms with Gasteiger partial charge in [0.05, 0.1) is 7.11 Å². The number of anilines is 1. The number of rotatable bonds is 4. The summed E-state index contributed by atoms with van der Waals surface area (Å²) in [6.07, 6.45) is 1.76. The molecule has 1 atom stereocenters. The maximum absolute atomic E-state index is 5.12. The molecule has 0 spiro atoms. The van der Waals surface area contributed by atoms with Crippen molar-refractivity contribution in [2.45, 2.75) is 6.04 Å². The minimum Gasteiger partial charge on any atom is -0.481 e. The van der Waals surface area contributed by atoms with Crippen LogP contribution in [0.5, 0.6) is 5.88 Å². The Morgan fingerprint density at radius 2 is 2.28 bits per heavy atom. The molecule has 0 radical (unpaired) electrons. The summed E-state index contributed by atoms with van der Waals surface area (Å²) in [6, 6.07) is 4.43. The molecular formula is C13H22N4O. The van der Waals surface area contributed by atoms with Crippen LogP contribution >= 0.6 is 0 Å². The molecular weight excluding hydrogens is 228 g/mol. The van der Waals surface area contributed by atoms with E-state index in [2.05, 4.69) is 34.2 Å². The summed E-state index contributed by atoms with van der Waals surface area (Å²) in [6.45, 7) is 4.32. The highest BCUT2D eigenvalue weighted by molar-refractivity contribution is 5.45. The van der Waals surface area contributed by atoms with Gasteiger partial charge in [-0.3, -0.25) is 4.90 Å². The zero-order valence-corrected chi connectivity index (χ0v) is 11.4. The second-order valence-electron chi connectivity index (χ2n) is 4.86. The Bertz CT molecular complexity index is 385. The third kappa shape index (κ3) is 3.34. The van der Waals surface area contributed by atoms with Crippen LogP contribution < -0.4 is 10.1 Å². The van der Waals surface area contributed by atoms with Crippen LogP contribution in [0.15, 0.2) is 18.3 Å². The van der Waals surface area contributed by atoms with Crippen molar-refractivity contribution in [2.24, 2.45) is 0 Å². The summed E-state index contributed by atoms with van der Waals surface area (Å²) in [5.74, 6) is 0.647. The van der Waals surface area contributed by atoms with E-state index in [0.717, 1.165) is 31.9 Å². The van der Waals surface area contributed by atoms with E-state index in [9.17, 15) is 0 Å².